The summed E-state index contributed by atoms with van der Waals surface area (Å²) in [5, 5.41) is 6.85. The van der Waals surface area contributed by atoms with Crippen LogP contribution in [-0.4, -0.2) is 69.5 Å². The van der Waals surface area contributed by atoms with E-state index in [-0.39, 0.29) is 30.0 Å². The van der Waals surface area contributed by atoms with Crippen molar-refractivity contribution in [2.45, 2.75) is 19.5 Å². The number of ether oxygens (including phenoxy) is 3. The molecule has 0 spiro atoms. The van der Waals surface area contributed by atoms with Crippen molar-refractivity contribution in [3.63, 3.8) is 0 Å². The highest BCUT2D eigenvalue weighted by Gasteiger charge is 2.23. The summed E-state index contributed by atoms with van der Waals surface area (Å²) in [6.45, 7) is 7.35. The van der Waals surface area contributed by atoms with Gasteiger partial charge in [-0.05, 0) is 30.7 Å². The Morgan fingerprint density at radius 3 is 2.53 bits per heavy atom. The summed E-state index contributed by atoms with van der Waals surface area (Å²) >= 11 is 0. The molecule has 8 nitrogen and oxygen atoms in total. The SMILES string of the molecule is CCNC(=NCc1cccnc1OC)NCC(c1ccc(OC)cc1)N1CCOCC1.I. The lowest BCUT2D eigenvalue weighted by atomic mass is 10.0. The van der Waals surface area contributed by atoms with E-state index in [1.54, 1.807) is 20.4 Å². The van der Waals surface area contributed by atoms with Crippen molar-refractivity contribution in [2.24, 2.45) is 4.99 Å². The Hall–Kier alpha value is -2.11. The van der Waals surface area contributed by atoms with E-state index in [0.29, 0.717) is 12.4 Å². The van der Waals surface area contributed by atoms with E-state index in [9.17, 15) is 0 Å². The minimum atomic E-state index is 0. The predicted octanol–water partition coefficient (Wildman–Crippen LogP) is 2.85. The van der Waals surface area contributed by atoms with Crippen LogP contribution in [-0.2, 0) is 11.3 Å². The lowest BCUT2D eigenvalue weighted by Gasteiger charge is -2.35. The van der Waals surface area contributed by atoms with Crippen LogP contribution in [0, 0.1) is 0 Å². The third-order valence-electron chi connectivity index (χ3n) is 5.24. The molecule has 1 aromatic heterocycles. The van der Waals surface area contributed by atoms with Gasteiger partial charge < -0.3 is 24.8 Å². The van der Waals surface area contributed by atoms with Gasteiger partial charge in [-0.1, -0.05) is 18.2 Å². The number of guanidine groups is 1. The first kappa shape index (κ1) is 26.1. The molecular formula is C23H34IN5O3. The van der Waals surface area contributed by atoms with E-state index < -0.39 is 0 Å². The Kier molecular flexibility index (Phi) is 11.5. The first-order valence-electron chi connectivity index (χ1n) is 10.7. The summed E-state index contributed by atoms with van der Waals surface area (Å²) in [5.41, 5.74) is 2.18. The zero-order valence-corrected chi connectivity index (χ0v) is 21.4. The van der Waals surface area contributed by atoms with Gasteiger partial charge in [-0.2, -0.15) is 0 Å². The summed E-state index contributed by atoms with van der Waals surface area (Å²) in [6.07, 6.45) is 1.72. The van der Waals surface area contributed by atoms with Crippen LogP contribution in [0.5, 0.6) is 11.6 Å². The third-order valence-corrected chi connectivity index (χ3v) is 5.24. The lowest BCUT2D eigenvalue weighted by Crippen LogP contribution is -2.46. The van der Waals surface area contributed by atoms with Gasteiger partial charge in [0.2, 0.25) is 5.88 Å². The predicted molar refractivity (Wildman–Crippen MR) is 137 cm³/mol. The van der Waals surface area contributed by atoms with Crippen LogP contribution in [0.25, 0.3) is 0 Å². The van der Waals surface area contributed by atoms with Crippen molar-refractivity contribution in [2.75, 3.05) is 53.6 Å². The van der Waals surface area contributed by atoms with Gasteiger partial charge in [-0.15, -0.1) is 24.0 Å². The molecule has 9 heteroatoms. The van der Waals surface area contributed by atoms with Gasteiger partial charge in [0.25, 0.3) is 0 Å². The average Bonchev–Trinajstić information content (AvgIpc) is 2.83. The smallest absolute Gasteiger partial charge is 0.218 e. The van der Waals surface area contributed by atoms with E-state index in [1.165, 1.54) is 5.56 Å². The van der Waals surface area contributed by atoms with Crippen molar-refractivity contribution in [3.8, 4) is 11.6 Å². The molecule has 3 rings (SSSR count). The maximum Gasteiger partial charge on any atom is 0.218 e. The number of pyridine rings is 1. The Labute approximate surface area is 207 Å². The number of benzene rings is 1. The monoisotopic (exact) mass is 555 g/mol. The summed E-state index contributed by atoms with van der Waals surface area (Å²) in [4.78, 5) is 11.4. The number of hydrogen-bond acceptors (Lipinski definition) is 6. The first-order valence-corrected chi connectivity index (χ1v) is 10.7. The minimum Gasteiger partial charge on any atom is -0.497 e. The molecule has 32 heavy (non-hydrogen) atoms. The molecule has 1 atom stereocenters. The summed E-state index contributed by atoms with van der Waals surface area (Å²) < 4.78 is 16.2. The molecule has 1 saturated heterocycles. The van der Waals surface area contributed by atoms with E-state index in [1.807, 2.05) is 24.3 Å². The van der Waals surface area contributed by atoms with Crippen LogP contribution in [0.3, 0.4) is 0 Å². The average molecular weight is 555 g/mol. The minimum absolute atomic E-state index is 0. The number of halogens is 1. The second kappa shape index (κ2) is 14.1. The third kappa shape index (κ3) is 7.49. The van der Waals surface area contributed by atoms with Crippen LogP contribution in [0.1, 0.15) is 24.1 Å². The van der Waals surface area contributed by atoms with Gasteiger partial charge >= 0.3 is 0 Å². The fourth-order valence-corrected chi connectivity index (χ4v) is 3.60. The zero-order valence-electron chi connectivity index (χ0n) is 19.0. The number of nitrogens with one attached hydrogen (secondary N) is 2. The molecule has 0 aliphatic carbocycles. The van der Waals surface area contributed by atoms with Crippen LogP contribution < -0.4 is 20.1 Å². The largest absolute Gasteiger partial charge is 0.497 e. The van der Waals surface area contributed by atoms with Crippen LogP contribution in [0.15, 0.2) is 47.6 Å². The Balaban J connectivity index is 0.00000363. The van der Waals surface area contributed by atoms with Crippen molar-refractivity contribution in [1.82, 2.24) is 20.5 Å². The number of nitrogens with zero attached hydrogens (tertiary/aromatic N) is 3. The molecule has 0 bridgehead atoms. The molecule has 2 heterocycles. The Bertz CT molecular complexity index is 829. The van der Waals surface area contributed by atoms with Gasteiger partial charge in [-0.25, -0.2) is 9.98 Å². The number of morpholine rings is 1. The Morgan fingerprint density at radius 1 is 1.12 bits per heavy atom. The fraction of sp³-hybridized carbons (Fsp3) is 0.478. The fourth-order valence-electron chi connectivity index (χ4n) is 3.60. The zero-order chi connectivity index (χ0) is 21.9. The number of methoxy groups -OCH3 is 2. The molecule has 0 radical (unpaired) electrons. The molecule has 1 aliphatic rings. The van der Waals surface area contributed by atoms with Crippen molar-refractivity contribution < 1.29 is 14.2 Å². The van der Waals surface area contributed by atoms with Crippen LogP contribution in [0.2, 0.25) is 0 Å². The molecular weight excluding hydrogens is 521 g/mol. The molecule has 1 fully saturated rings. The van der Waals surface area contributed by atoms with Crippen molar-refractivity contribution in [1.29, 1.82) is 0 Å². The number of hydrogen-bond donors (Lipinski definition) is 2. The maximum absolute atomic E-state index is 5.56. The maximum atomic E-state index is 5.56. The first-order chi connectivity index (χ1) is 15.2. The Morgan fingerprint density at radius 2 is 1.88 bits per heavy atom. The molecule has 1 aromatic carbocycles. The molecule has 2 aromatic rings. The van der Waals surface area contributed by atoms with E-state index in [0.717, 1.165) is 56.7 Å². The molecule has 176 valence electrons. The molecule has 0 saturated carbocycles. The van der Waals surface area contributed by atoms with Crippen LogP contribution >= 0.6 is 24.0 Å². The second-order valence-corrected chi connectivity index (χ2v) is 7.19. The number of rotatable bonds is 9. The summed E-state index contributed by atoms with van der Waals surface area (Å²) in [6, 6.07) is 12.4. The van der Waals surface area contributed by atoms with Gasteiger partial charge in [0.1, 0.15) is 5.75 Å². The van der Waals surface area contributed by atoms with Gasteiger partial charge in [0, 0.05) is 37.9 Å². The van der Waals surface area contributed by atoms with Crippen molar-refractivity contribution in [3.05, 3.63) is 53.7 Å². The molecule has 1 aliphatic heterocycles. The van der Waals surface area contributed by atoms with Gasteiger partial charge in [-0.3, -0.25) is 4.90 Å². The number of aromatic nitrogens is 1. The van der Waals surface area contributed by atoms with Gasteiger partial charge in [0.05, 0.1) is 40.0 Å². The second-order valence-electron chi connectivity index (χ2n) is 7.19. The van der Waals surface area contributed by atoms with E-state index in [2.05, 4.69) is 39.6 Å². The quantitative estimate of drug-likeness (QED) is 0.280. The van der Waals surface area contributed by atoms with Crippen LogP contribution in [0.4, 0.5) is 0 Å². The molecule has 1 unspecified atom stereocenters. The highest BCUT2D eigenvalue weighted by molar-refractivity contribution is 14.0. The highest BCUT2D eigenvalue weighted by Crippen LogP contribution is 2.23. The van der Waals surface area contributed by atoms with E-state index >= 15 is 0 Å². The standard InChI is InChI=1S/C23H33N5O3.HI/c1-4-24-23(26-16-19-6-5-11-25-22(19)30-3)27-17-21(28-12-14-31-15-13-28)18-7-9-20(29-2)10-8-18;/h5-11,21H,4,12-17H2,1-3H3,(H2,24,26,27);1H. The summed E-state index contributed by atoms with van der Waals surface area (Å²) in [5.74, 6) is 2.23. The van der Waals surface area contributed by atoms with Gasteiger partial charge in [0.15, 0.2) is 5.96 Å². The number of aliphatic imine (C=N–C) groups is 1. The molecule has 0 amide bonds. The van der Waals surface area contributed by atoms with E-state index in [4.69, 9.17) is 19.2 Å². The normalized spacial score (nSPS) is 15.4. The molecule has 2 N–H and O–H groups in total. The topological polar surface area (TPSA) is 80.2 Å². The lowest BCUT2D eigenvalue weighted by molar-refractivity contribution is 0.0170. The van der Waals surface area contributed by atoms with Crippen molar-refractivity contribution >= 4 is 29.9 Å². The summed E-state index contributed by atoms with van der Waals surface area (Å²) in [7, 11) is 3.31. The highest BCUT2D eigenvalue weighted by atomic mass is 127.